The topological polar surface area (TPSA) is 70.7 Å². The van der Waals surface area contributed by atoms with E-state index in [1.54, 1.807) is 19.2 Å². The van der Waals surface area contributed by atoms with Crippen LogP contribution in [0.15, 0.2) is 30.3 Å². The van der Waals surface area contributed by atoms with Crippen LogP contribution in [0.4, 0.5) is 5.69 Å². The van der Waals surface area contributed by atoms with E-state index < -0.39 is 6.04 Å². The van der Waals surface area contributed by atoms with Crippen LogP contribution in [0.2, 0.25) is 0 Å². The molecule has 1 aromatic rings. The van der Waals surface area contributed by atoms with Crippen LogP contribution in [0.1, 0.15) is 6.92 Å². The number of likely N-dealkylation sites (N-methyl/N-ethyl adjacent to an activating group) is 1. The lowest BCUT2D eigenvalue weighted by atomic mass is 10.1. The lowest BCUT2D eigenvalue weighted by molar-refractivity contribution is -0.140. The molecule has 6 nitrogen and oxygen atoms in total. The summed E-state index contributed by atoms with van der Waals surface area (Å²) in [6, 6.07) is 8.77. The Labute approximate surface area is 136 Å². The average Bonchev–Trinajstić information content (AvgIpc) is 2.48. The number of morpholine rings is 1. The van der Waals surface area contributed by atoms with Gasteiger partial charge in [0.15, 0.2) is 0 Å². The Morgan fingerprint density at radius 2 is 2.05 bits per heavy atom. The first-order chi connectivity index (χ1) is 10.1. The number of hydrogen-bond acceptors (Lipinski definition) is 4. The molecule has 1 fully saturated rings. The molecule has 7 heteroatoms. The van der Waals surface area contributed by atoms with Gasteiger partial charge in [0, 0.05) is 19.3 Å². The number of para-hydroxylation sites is 1. The van der Waals surface area contributed by atoms with Crippen molar-refractivity contribution in [3.63, 3.8) is 0 Å². The van der Waals surface area contributed by atoms with Crippen molar-refractivity contribution in [1.82, 2.24) is 10.2 Å². The van der Waals surface area contributed by atoms with Gasteiger partial charge in [0.2, 0.25) is 11.8 Å². The van der Waals surface area contributed by atoms with Crippen molar-refractivity contribution in [2.45, 2.75) is 19.1 Å². The van der Waals surface area contributed by atoms with Gasteiger partial charge >= 0.3 is 0 Å². The van der Waals surface area contributed by atoms with Crippen molar-refractivity contribution in [2.75, 3.05) is 32.1 Å². The lowest BCUT2D eigenvalue weighted by Gasteiger charge is -2.32. The SMILES string of the molecule is C[C@H]1OCCN[C@@H]1C(=O)N(C)CC(=O)Nc1ccccc1.Cl. The standard InChI is InChI=1S/C15H21N3O3.ClH/c1-11-14(16-8-9-21-11)15(20)18(2)10-13(19)17-12-6-4-3-5-7-12;/h3-7,11,14,16H,8-10H2,1-2H3,(H,17,19);1H/t11-,14+;/m1./s1. The van der Waals surface area contributed by atoms with Gasteiger partial charge in [0.25, 0.3) is 0 Å². The molecular formula is C15H22ClN3O3. The molecule has 0 aromatic heterocycles. The van der Waals surface area contributed by atoms with Crippen LogP contribution in [0.3, 0.4) is 0 Å². The van der Waals surface area contributed by atoms with E-state index in [-0.39, 0.29) is 36.9 Å². The minimum Gasteiger partial charge on any atom is -0.375 e. The number of halogens is 1. The van der Waals surface area contributed by atoms with E-state index in [4.69, 9.17) is 4.74 Å². The quantitative estimate of drug-likeness (QED) is 0.861. The molecule has 122 valence electrons. The van der Waals surface area contributed by atoms with Crippen LogP contribution in [0.5, 0.6) is 0 Å². The Bertz CT molecular complexity index is 498. The third-order valence-electron chi connectivity index (χ3n) is 3.40. The van der Waals surface area contributed by atoms with Crippen LogP contribution in [0, 0.1) is 0 Å². The Morgan fingerprint density at radius 1 is 1.36 bits per heavy atom. The minimum atomic E-state index is -0.395. The second kappa shape index (κ2) is 8.73. The van der Waals surface area contributed by atoms with Gasteiger partial charge in [-0.25, -0.2) is 0 Å². The molecule has 1 heterocycles. The number of nitrogens with one attached hydrogen (secondary N) is 2. The predicted octanol–water partition coefficient (Wildman–Crippen LogP) is 0.882. The average molecular weight is 328 g/mol. The first kappa shape index (κ1) is 18.4. The molecule has 2 N–H and O–H groups in total. The van der Waals surface area contributed by atoms with Crippen molar-refractivity contribution < 1.29 is 14.3 Å². The summed E-state index contributed by atoms with van der Waals surface area (Å²) in [5.74, 6) is -0.355. The Balaban J connectivity index is 0.00000242. The highest BCUT2D eigenvalue weighted by Gasteiger charge is 2.31. The zero-order chi connectivity index (χ0) is 15.2. The van der Waals surface area contributed by atoms with Gasteiger partial charge in [0.1, 0.15) is 6.04 Å². The fourth-order valence-electron chi connectivity index (χ4n) is 2.26. The summed E-state index contributed by atoms with van der Waals surface area (Å²) in [5.41, 5.74) is 0.718. The number of ether oxygens (including phenoxy) is 1. The van der Waals surface area contributed by atoms with Crippen LogP contribution in [0.25, 0.3) is 0 Å². The van der Waals surface area contributed by atoms with E-state index in [2.05, 4.69) is 10.6 Å². The highest BCUT2D eigenvalue weighted by Crippen LogP contribution is 2.08. The second-order valence-electron chi connectivity index (χ2n) is 5.12. The van der Waals surface area contributed by atoms with Crippen molar-refractivity contribution >= 4 is 29.9 Å². The molecule has 0 aliphatic carbocycles. The number of anilines is 1. The zero-order valence-corrected chi connectivity index (χ0v) is 13.6. The van der Waals surface area contributed by atoms with Gasteiger partial charge in [0.05, 0.1) is 19.3 Å². The van der Waals surface area contributed by atoms with E-state index in [1.807, 2.05) is 25.1 Å². The van der Waals surface area contributed by atoms with Crippen LogP contribution in [-0.2, 0) is 14.3 Å². The van der Waals surface area contributed by atoms with E-state index in [0.29, 0.717) is 13.2 Å². The maximum atomic E-state index is 12.3. The van der Waals surface area contributed by atoms with Gasteiger partial charge in [-0.1, -0.05) is 18.2 Å². The molecule has 2 atom stereocenters. The van der Waals surface area contributed by atoms with E-state index in [9.17, 15) is 9.59 Å². The Morgan fingerprint density at radius 3 is 2.68 bits per heavy atom. The molecule has 0 unspecified atom stereocenters. The van der Waals surface area contributed by atoms with Gasteiger partial charge in [-0.05, 0) is 19.1 Å². The normalized spacial score (nSPS) is 20.6. The number of carbonyl (C=O) groups is 2. The molecule has 1 aliphatic rings. The number of benzene rings is 1. The molecule has 0 saturated carbocycles. The van der Waals surface area contributed by atoms with Crippen molar-refractivity contribution in [2.24, 2.45) is 0 Å². The molecule has 1 saturated heterocycles. The summed E-state index contributed by atoms with van der Waals surface area (Å²) in [6.07, 6.45) is -0.189. The lowest BCUT2D eigenvalue weighted by Crippen LogP contribution is -2.56. The van der Waals surface area contributed by atoms with Crippen LogP contribution >= 0.6 is 12.4 Å². The smallest absolute Gasteiger partial charge is 0.243 e. The molecule has 2 rings (SSSR count). The van der Waals surface area contributed by atoms with Gasteiger partial charge in [-0.3, -0.25) is 9.59 Å². The molecule has 0 bridgehead atoms. The highest BCUT2D eigenvalue weighted by atomic mass is 35.5. The fourth-order valence-corrected chi connectivity index (χ4v) is 2.26. The van der Waals surface area contributed by atoms with Crippen LogP contribution in [-0.4, -0.2) is 55.6 Å². The molecular weight excluding hydrogens is 306 g/mol. The number of nitrogens with zero attached hydrogens (tertiary/aromatic N) is 1. The third-order valence-corrected chi connectivity index (χ3v) is 3.40. The molecule has 2 amide bonds. The van der Waals surface area contributed by atoms with E-state index in [0.717, 1.165) is 5.69 Å². The van der Waals surface area contributed by atoms with E-state index >= 15 is 0 Å². The maximum Gasteiger partial charge on any atom is 0.243 e. The number of hydrogen-bond donors (Lipinski definition) is 2. The Kier molecular flexibility index (Phi) is 7.31. The first-order valence-electron chi connectivity index (χ1n) is 7.03. The minimum absolute atomic E-state index is 0. The largest absolute Gasteiger partial charge is 0.375 e. The number of rotatable bonds is 4. The summed E-state index contributed by atoms with van der Waals surface area (Å²) < 4.78 is 5.45. The molecule has 1 aromatic carbocycles. The van der Waals surface area contributed by atoms with Crippen LogP contribution < -0.4 is 10.6 Å². The summed E-state index contributed by atoms with van der Waals surface area (Å²) in [6.45, 7) is 3.11. The molecule has 0 radical (unpaired) electrons. The Hall–Kier alpha value is -1.63. The highest BCUT2D eigenvalue weighted by molar-refractivity contribution is 5.95. The van der Waals surface area contributed by atoms with Gasteiger partial charge in [-0.2, -0.15) is 0 Å². The molecule has 0 spiro atoms. The third kappa shape index (κ3) is 4.98. The van der Waals surface area contributed by atoms with Gasteiger partial charge < -0.3 is 20.3 Å². The fraction of sp³-hybridized carbons (Fsp3) is 0.467. The summed E-state index contributed by atoms with van der Waals surface area (Å²) in [7, 11) is 1.62. The van der Waals surface area contributed by atoms with E-state index in [1.165, 1.54) is 4.90 Å². The van der Waals surface area contributed by atoms with Crippen molar-refractivity contribution in [3.05, 3.63) is 30.3 Å². The summed E-state index contributed by atoms with van der Waals surface area (Å²) in [5, 5.41) is 5.88. The molecule has 1 aliphatic heterocycles. The summed E-state index contributed by atoms with van der Waals surface area (Å²) >= 11 is 0. The number of carbonyl (C=O) groups excluding carboxylic acids is 2. The monoisotopic (exact) mass is 327 g/mol. The summed E-state index contributed by atoms with van der Waals surface area (Å²) in [4.78, 5) is 25.7. The van der Waals surface area contributed by atoms with Gasteiger partial charge in [-0.15, -0.1) is 12.4 Å². The zero-order valence-electron chi connectivity index (χ0n) is 12.7. The number of amides is 2. The second-order valence-corrected chi connectivity index (χ2v) is 5.12. The first-order valence-corrected chi connectivity index (χ1v) is 7.03. The molecule has 22 heavy (non-hydrogen) atoms. The van der Waals surface area contributed by atoms with Crippen molar-refractivity contribution in [3.8, 4) is 0 Å². The maximum absolute atomic E-state index is 12.3. The van der Waals surface area contributed by atoms with Crippen molar-refractivity contribution in [1.29, 1.82) is 0 Å². The predicted molar refractivity (Wildman–Crippen MR) is 87.2 cm³/mol.